The molecule has 0 radical (unpaired) electrons. The first kappa shape index (κ1) is 13.3. The molecular formula is C14H19N5. The molecule has 0 aliphatic rings. The minimum atomic E-state index is 0.557. The Labute approximate surface area is 113 Å². The quantitative estimate of drug-likeness (QED) is 0.567. The lowest BCUT2D eigenvalue weighted by molar-refractivity contribution is 0.865. The molecule has 0 amide bonds. The van der Waals surface area contributed by atoms with Crippen LogP contribution in [0.25, 0.3) is 0 Å². The summed E-state index contributed by atoms with van der Waals surface area (Å²) in [5, 5.41) is 3.24. The van der Waals surface area contributed by atoms with E-state index in [4.69, 9.17) is 5.84 Å². The van der Waals surface area contributed by atoms with E-state index in [1.807, 2.05) is 0 Å². The third kappa shape index (κ3) is 3.66. The predicted molar refractivity (Wildman–Crippen MR) is 77.7 cm³/mol. The number of nitrogens with zero attached hydrogens (tertiary/aromatic N) is 2. The fourth-order valence-electron chi connectivity index (χ4n) is 1.75. The first-order valence-electron chi connectivity index (χ1n) is 6.30. The molecule has 4 N–H and O–H groups in total. The summed E-state index contributed by atoms with van der Waals surface area (Å²) < 4.78 is 0. The number of anilines is 2. The Morgan fingerprint density at radius 2 is 1.79 bits per heavy atom. The molecule has 1 aromatic carbocycles. The molecule has 0 spiro atoms. The summed E-state index contributed by atoms with van der Waals surface area (Å²) in [6.07, 6.45) is 1.47. The molecule has 5 heteroatoms. The largest absolute Gasteiger partial charge is 0.366 e. The smallest absolute Gasteiger partial charge is 0.145 e. The van der Waals surface area contributed by atoms with Crippen LogP contribution in [0.5, 0.6) is 0 Å². The van der Waals surface area contributed by atoms with Gasteiger partial charge in [0.25, 0.3) is 0 Å². The van der Waals surface area contributed by atoms with E-state index in [-0.39, 0.29) is 0 Å². The van der Waals surface area contributed by atoms with E-state index in [0.29, 0.717) is 11.7 Å². The zero-order chi connectivity index (χ0) is 13.7. The molecule has 19 heavy (non-hydrogen) atoms. The predicted octanol–water partition coefficient (Wildman–Crippen LogP) is 2.50. The van der Waals surface area contributed by atoms with Gasteiger partial charge in [-0.3, -0.25) is 0 Å². The number of hydrogen-bond donors (Lipinski definition) is 3. The van der Waals surface area contributed by atoms with Crippen LogP contribution in [-0.4, -0.2) is 9.97 Å². The first-order valence-corrected chi connectivity index (χ1v) is 6.30. The van der Waals surface area contributed by atoms with Crippen LogP contribution in [0, 0.1) is 0 Å². The van der Waals surface area contributed by atoms with E-state index >= 15 is 0 Å². The van der Waals surface area contributed by atoms with Crippen molar-refractivity contribution in [3.63, 3.8) is 0 Å². The van der Waals surface area contributed by atoms with Crippen LogP contribution in [0.3, 0.4) is 0 Å². The number of hydrazine groups is 1. The Bertz CT molecular complexity index is 522. The van der Waals surface area contributed by atoms with E-state index in [1.54, 1.807) is 6.07 Å². The van der Waals surface area contributed by atoms with Gasteiger partial charge in [0.2, 0.25) is 0 Å². The van der Waals surface area contributed by atoms with Crippen molar-refractivity contribution in [3.05, 3.63) is 47.8 Å². The summed E-state index contributed by atoms with van der Waals surface area (Å²) in [4.78, 5) is 8.09. The monoisotopic (exact) mass is 257 g/mol. The van der Waals surface area contributed by atoms with Crippen LogP contribution in [-0.2, 0) is 6.54 Å². The zero-order valence-electron chi connectivity index (χ0n) is 11.2. The van der Waals surface area contributed by atoms with E-state index < -0.39 is 0 Å². The molecule has 1 heterocycles. The number of aromatic nitrogens is 2. The maximum atomic E-state index is 5.30. The lowest BCUT2D eigenvalue weighted by atomic mass is 10.0. The van der Waals surface area contributed by atoms with Crippen LogP contribution in [0.1, 0.15) is 30.9 Å². The number of hydrogen-bond acceptors (Lipinski definition) is 5. The highest BCUT2D eigenvalue weighted by Gasteiger charge is 2.00. The van der Waals surface area contributed by atoms with Crippen molar-refractivity contribution in [2.24, 2.45) is 5.84 Å². The minimum absolute atomic E-state index is 0.557. The molecule has 2 rings (SSSR count). The highest BCUT2D eigenvalue weighted by atomic mass is 15.3. The van der Waals surface area contributed by atoms with Crippen molar-refractivity contribution in [1.29, 1.82) is 0 Å². The third-order valence-corrected chi connectivity index (χ3v) is 2.93. The summed E-state index contributed by atoms with van der Waals surface area (Å²) in [5.74, 6) is 7.20. The van der Waals surface area contributed by atoms with Gasteiger partial charge in [0.05, 0.1) is 0 Å². The van der Waals surface area contributed by atoms with Crippen LogP contribution < -0.4 is 16.6 Å². The molecule has 0 unspecified atom stereocenters. The van der Waals surface area contributed by atoms with E-state index in [2.05, 4.69) is 58.8 Å². The van der Waals surface area contributed by atoms with Crippen molar-refractivity contribution < 1.29 is 0 Å². The Hall–Kier alpha value is -2.14. The van der Waals surface area contributed by atoms with Gasteiger partial charge in [-0.1, -0.05) is 38.1 Å². The summed E-state index contributed by atoms with van der Waals surface area (Å²) >= 11 is 0. The lowest BCUT2D eigenvalue weighted by Gasteiger charge is -2.09. The van der Waals surface area contributed by atoms with Gasteiger partial charge in [-0.25, -0.2) is 15.8 Å². The van der Waals surface area contributed by atoms with Crippen LogP contribution in [0.2, 0.25) is 0 Å². The maximum absolute atomic E-state index is 5.30. The molecule has 0 aliphatic carbocycles. The SMILES string of the molecule is CC(C)c1ccc(CNc2cc(NN)ncn2)cc1. The Balaban J connectivity index is 1.98. The van der Waals surface area contributed by atoms with Gasteiger partial charge in [-0.2, -0.15) is 0 Å². The van der Waals surface area contributed by atoms with Crippen molar-refractivity contribution in [3.8, 4) is 0 Å². The number of benzene rings is 1. The molecular weight excluding hydrogens is 238 g/mol. The minimum Gasteiger partial charge on any atom is -0.366 e. The average molecular weight is 257 g/mol. The summed E-state index contributed by atoms with van der Waals surface area (Å²) in [5.41, 5.74) is 5.06. The van der Waals surface area contributed by atoms with Crippen LogP contribution in [0.4, 0.5) is 11.6 Å². The molecule has 2 aromatic rings. The first-order chi connectivity index (χ1) is 9.19. The second kappa shape index (κ2) is 6.15. The van der Waals surface area contributed by atoms with Crippen molar-refractivity contribution >= 4 is 11.6 Å². The average Bonchev–Trinajstić information content (AvgIpc) is 2.46. The molecule has 0 saturated heterocycles. The standard InChI is InChI=1S/C14H19N5/c1-10(2)12-5-3-11(4-6-12)8-16-13-7-14(19-15)18-9-17-13/h3-7,9-10H,8,15H2,1-2H3,(H2,16,17,18,19). The molecule has 0 aliphatic heterocycles. The maximum Gasteiger partial charge on any atom is 0.145 e. The fourth-order valence-corrected chi connectivity index (χ4v) is 1.75. The normalized spacial score (nSPS) is 10.5. The number of nitrogens with one attached hydrogen (secondary N) is 2. The number of rotatable bonds is 5. The zero-order valence-corrected chi connectivity index (χ0v) is 11.2. The van der Waals surface area contributed by atoms with Crippen molar-refractivity contribution in [1.82, 2.24) is 9.97 Å². The van der Waals surface area contributed by atoms with Crippen LogP contribution >= 0.6 is 0 Å². The number of nitrogens with two attached hydrogens (primary N) is 1. The second-order valence-electron chi connectivity index (χ2n) is 4.68. The highest BCUT2D eigenvalue weighted by molar-refractivity contribution is 5.46. The lowest BCUT2D eigenvalue weighted by Crippen LogP contribution is -2.10. The number of nitrogen functional groups attached to an aromatic ring is 1. The molecule has 100 valence electrons. The van der Waals surface area contributed by atoms with Gasteiger partial charge >= 0.3 is 0 Å². The van der Waals surface area contributed by atoms with Gasteiger partial charge < -0.3 is 10.7 Å². The van der Waals surface area contributed by atoms with Gasteiger partial charge in [0.1, 0.15) is 18.0 Å². The van der Waals surface area contributed by atoms with Gasteiger partial charge in [0, 0.05) is 12.6 Å². The van der Waals surface area contributed by atoms with Crippen molar-refractivity contribution in [2.45, 2.75) is 26.3 Å². The molecule has 0 saturated carbocycles. The third-order valence-electron chi connectivity index (χ3n) is 2.93. The van der Waals surface area contributed by atoms with Crippen molar-refractivity contribution in [2.75, 3.05) is 10.7 Å². The second-order valence-corrected chi connectivity index (χ2v) is 4.68. The van der Waals surface area contributed by atoms with Crippen LogP contribution in [0.15, 0.2) is 36.7 Å². The summed E-state index contributed by atoms with van der Waals surface area (Å²) in [7, 11) is 0. The molecule has 1 aromatic heterocycles. The Kier molecular flexibility index (Phi) is 4.30. The molecule has 0 atom stereocenters. The van der Waals surface area contributed by atoms with Gasteiger partial charge in [0.15, 0.2) is 0 Å². The van der Waals surface area contributed by atoms with E-state index in [9.17, 15) is 0 Å². The van der Waals surface area contributed by atoms with E-state index in [0.717, 1.165) is 12.4 Å². The highest BCUT2D eigenvalue weighted by Crippen LogP contribution is 2.15. The molecule has 0 fully saturated rings. The Morgan fingerprint density at radius 1 is 1.11 bits per heavy atom. The molecule has 0 bridgehead atoms. The van der Waals surface area contributed by atoms with Gasteiger partial charge in [-0.05, 0) is 17.0 Å². The Morgan fingerprint density at radius 3 is 2.42 bits per heavy atom. The topological polar surface area (TPSA) is 75.9 Å². The van der Waals surface area contributed by atoms with E-state index in [1.165, 1.54) is 17.5 Å². The summed E-state index contributed by atoms with van der Waals surface area (Å²) in [6.45, 7) is 5.10. The van der Waals surface area contributed by atoms with Gasteiger partial charge in [-0.15, -0.1) is 0 Å². The summed E-state index contributed by atoms with van der Waals surface area (Å²) in [6, 6.07) is 10.3. The molecule has 5 nitrogen and oxygen atoms in total. The fraction of sp³-hybridized carbons (Fsp3) is 0.286.